The van der Waals surface area contributed by atoms with Gasteiger partial charge < -0.3 is 5.11 Å². The van der Waals surface area contributed by atoms with E-state index in [0.717, 1.165) is 12.1 Å². The van der Waals surface area contributed by atoms with Gasteiger partial charge in [0, 0.05) is 5.56 Å². The van der Waals surface area contributed by atoms with Gasteiger partial charge in [-0.3, -0.25) is 4.79 Å². The lowest BCUT2D eigenvalue weighted by Crippen LogP contribution is -2.21. The fourth-order valence-corrected chi connectivity index (χ4v) is 1.32. The molecule has 88 valence electrons. The number of alkyl halides is 3. The minimum absolute atomic E-state index is 0.452. The van der Waals surface area contributed by atoms with Gasteiger partial charge in [0.1, 0.15) is 5.82 Å². The van der Waals surface area contributed by atoms with Gasteiger partial charge in [0.05, 0.1) is 12.3 Å². The fourth-order valence-electron chi connectivity index (χ4n) is 1.32. The topological polar surface area (TPSA) is 37.3 Å². The number of hydrogen-bond donors (Lipinski definition) is 1. The van der Waals surface area contributed by atoms with Crippen LogP contribution in [0, 0.1) is 5.82 Å². The molecule has 0 radical (unpaired) electrons. The van der Waals surface area contributed by atoms with E-state index in [1.807, 2.05) is 0 Å². The van der Waals surface area contributed by atoms with Crippen molar-refractivity contribution >= 4 is 5.97 Å². The summed E-state index contributed by atoms with van der Waals surface area (Å²) in [5.41, 5.74) is -0.452. The Morgan fingerprint density at radius 1 is 1.31 bits per heavy atom. The van der Waals surface area contributed by atoms with Crippen molar-refractivity contribution in [2.45, 2.75) is 18.5 Å². The van der Waals surface area contributed by atoms with Crippen molar-refractivity contribution in [1.82, 2.24) is 0 Å². The zero-order chi connectivity index (χ0) is 12.3. The van der Waals surface area contributed by atoms with Crippen LogP contribution in [0.2, 0.25) is 0 Å². The van der Waals surface area contributed by atoms with Crippen molar-refractivity contribution in [1.29, 1.82) is 0 Å². The first-order valence-corrected chi connectivity index (χ1v) is 4.35. The van der Waals surface area contributed by atoms with Crippen LogP contribution in [-0.2, 0) is 4.79 Å². The van der Waals surface area contributed by atoms with Crippen molar-refractivity contribution in [2.24, 2.45) is 0 Å². The average molecular weight is 236 g/mol. The summed E-state index contributed by atoms with van der Waals surface area (Å²) in [6.07, 6.45) is -6.23. The van der Waals surface area contributed by atoms with E-state index in [9.17, 15) is 22.4 Å². The molecule has 1 aromatic carbocycles. The van der Waals surface area contributed by atoms with E-state index in [0.29, 0.717) is 0 Å². The van der Waals surface area contributed by atoms with Crippen LogP contribution in [0.1, 0.15) is 17.9 Å². The largest absolute Gasteiger partial charge is 0.481 e. The zero-order valence-corrected chi connectivity index (χ0v) is 7.96. The number of benzene rings is 1. The van der Waals surface area contributed by atoms with Gasteiger partial charge in [0.2, 0.25) is 0 Å². The second-order valence-electron chi connectivity index (χ2n) is 3.23. The molecular weight excluding hydrogens is 228 g/mol. The molecule has 0 saturated carbocycles. The van der Waals surface area contributed by atoms with Crippen molar-refractivity contribution < 1.29 is 27.5 Å². The lowest BCUT2D eigenvalue weighted by Gasteiger charge is -2.15. The number of aliphatic carboxylic acids is 1. The number of carboxylic acid groups (broad SMARTS) is 1. The summed E-state index contributed by atoms with van der Waals surface area (Å²) in [4.78, 5) is 10.7. The number of halogens is 4. The van der Waals surface area contributed by atoms with E-state index >= 15 is 0 Å². The highest BCUT2D eigenvalue weighted by atomic mass is 19.4. The average Bonchev–Trinajstić information content (AvgIpc) is 2.13. The molecule has 0 heterocycles. The Labute approximate surface area is 88.5 Å². The summed E-state index contributed by atoms with van der Waals surface area (Å²) in [6.45, 7) is 0. The minimum atomic E-state index is -4.65. The van der Waals surface area contributed by atoms with Gasteiger partial charge >= 0.3 is 12.1 Å². The summed E-state index contributed by atoms with van der Waals surface area (Å²) in [6, 6.07) is 4.55. The SMILES string of the molecule is O=C(O)[C@@H](CC(F)(F)F)c1ccccc1F. The predicted octanol–water partition coefficient (Wildman–Crippen LogP) is 2.95. The summed E-state index contributed by atoms with van der Waals surface area (Å²) in [5, 5.41) is 8.65. The summed E-state index contributed by atoms with van der Waals surface area (Å²) < 4.78 is 49.4. The van der Waals surface area contributed by atoms with Crippen molar-refractivity contribution in [3.8, 4) is 0 Å². The second-order valence-corrected chi connectivity index (χ2v) is 3.23. The maximum absolute atomic E-state index is 13.1. The highest BCUT2D eigenvalue weighted by molar-refractivity contribution is 5.76. The van der Waals surface area contributed by atoms with Gasteiger partial charge in [0.15, 0.2) is 0 Å². The number of rotatable bonds is 3. The molecule has 0 spiro atoms. The Hall–Kier alpha value is -1.59. The highest BCUT2D eigenvalue weighted by Gasteiger charge is 2.37. The Bertz CT molecular complexity index is 387. The van der Waals surface area contributed by atoms with Crippen LogP contribution in [0.25, 0.3) is 0 Å². The first-order valence-electron chi connectivity index (χ1n) is 4.35. The van der Waals surface area contributed by atoms with Crippen LogP contribution in [-0.4, -0.2) is 17.3 Å². The summed E-state index contributed by atoms with van der Waals surface area (Å²) >= 11 is 0. The maximum atomic E-state index is 13.1. The third kappa shape index (κ3) is 3.22. The van der Waals surface area contributed by atoms with Gasteiger partial charge in [-0.2, -0.15) is 13.2 Å². The van der Waals surface area contributed by atoms with Crippen LogP contribution in [0.4, 0.5) is 17.6 Å². The van der Waals surface area contributed by atoms with Crippen molar-refractivity contribution in [2.75, 3.05) is 0 Å². The van der Waals surface area contributed by atoms with E-state index in [1.165, 1.54) is 12.1 Å². The van der Waals surface area contributed by atoms with Gasteiger partial charge in [-0.15, -0.1) is 0 Å². The molecule has 1 rings (SSSR count). The number of carbonyl (C=O) groups is 1. The fraction of sp³-hybridized carbons (Fsp3) is 0.300. The molecule has 0 aliphatic heterocycles. The maximum Gasteiger partial charge on any atom is 0.390 e. The molecule has 1 N–H and O–H groups in total. The van der Waals surface area contributed by atoms with E-state index in [4.69, 9.17) is 5.11 Å². The molecule has 6 heteroatoms. The lowest BCUT2D eigenvalue weighted by atomic mass is 9.95. The third-order valence-electron chi connectivity index (χ3n) is 2.01. The number of hydrogen-bond acceptors (Lipinski definition) is 1. The van der Waals surface area contributed by atoms with Gasteiger partial charge in [-0.25, -0.2) is 4.39 Å². The van der Waals surface area contributed by atoms with Crippen LogP contribution in [0.3, 0.4) is 0 Å². The van der Waals surface area contributed by atoms with Crippen molar-refractivity contribution in [3.63, 3.8) is 0 Å². The van der Waals surface area contributed by atoms with Crippen molar-refractivity contribution in [3.05, 3.63) is 35.6 Å². The van der Waals surface area contributed by atoms with Crippen LogP contribution < -0.4 is 0 Å². The van der Waals surface area contributed by atoms with E-state index < -0.39 is 35.9 Å². The normalized spacial score (nSPS) is 13.5. The molecule has 1 aromatic rings. The van der Waals surface area contributed by atoms with E-state index in [1.54, 1.807) is 0 Å². The van der Waals surface area contributed by atoms with Crippen LogP contribution in [0.5, 0.6) is 0 Å². The Morgan fingerprint density at radius 2 is 1.88 bits per heavy atom. The molecular formula is C10H8F4O2. The molecule has 0 aliphatic rings. The lowest BCUT2D eigenvalue weighted by molar-refractivity contribution is -0.157. The Balaban J connectivity index is 3.04. The van der Waals surface area contributed by atoms with E-state index in [2.05, 4.69) is 0 Å². The monoisotopic (exact) mass is 236 g/mol. The molecule has 0 amide bonds. The molecule has 0 fully saturated rings. The molecule has 1 atom stereocenters. The summed E-state index contributed by atoms with van der Waals surface area (Å²) in [7, 11) is 0. The molecule has 2 nitrogen and oxygen atoms in total. The quantitative estimate of drug-likeness (QED) is 0.819. The van der Waals surface area contributed by atoms with Gasteiger partial charge in [-0.1, -0.05) is 18.2 Å². The van der Waals surface area contributed by atoms with E-state index in [-0.39, 0.29) is 0 Å². The minimum Gasteiger partial charge on any atom is -0.481 e. The van der Waals surface area contributed by atoms with Gasteiger partial charge in [-0.05, 0) is 6.07 Å². The Kier molecular flexibility index (Phi) is 3.51. The molecule has 0 aromatic heterocycles. The van der Waals surface area contributed by atoms with Crippen LogP contribution >= 0.6 is 0 Å². The molecule has 0 unspecified atom stereocenters. The van der Waals surface area contributed by atoms with Gasteiger partial charge in [0.25, 0.3) is 0 Å². The standard InChI is InChI=1S/C10H8F4O2/c11-8-4-2-1-3-6(8)7(9(15)16)5-10(12,13)14/h1-4,7H,5H2,(H,15,16)/t7-/m0/s1. The molecule has 0 bridgehead atoms. The first kappa shape index (κ1) is 12.5. The first-order chi connectivity index (χ1) is 7.31. The molecule has 16 heavy (non-hydrogen) atoms. The molecule has 0 aliphatic carbocycles. The summed E-state index contributed by atoms with van der Waals surface area (Å²) in [5.74, 6) is -4.54. The highest BCUT2D eigenvalue weighted by Crippen LogP contribution is 2.32. The van der Waals surface area contributed by atoms with Crippen LogP contribution in [0.15, 0.2) is 24.3 Å². The second kappa shape index (κ2) is 4.51. The predicted molar refractivity (Wildman–Crippen MR) is 47.4 cm³/mol. The third-order valence-corrected chi connectivity index (χ3v) is 2.01. The number of carboxylic acids is 1. The molecule has 0 saturated heterocycles. The smallest absolute Gasteiger partial charge is 0.390 e. The zero-order valence-electron chi connectivity index (χ0n) is 7.96. The Morgan fingerprint density at radius 3 is 2.31 bits per heavy atom.